The van der Waals surface area contributed by atoms with Crippen LogP contribution in [0.15, 0.2) is 48.5 Å². The van der Waals surface area contributed by atoms with Gasteiger partial charge in [0.1, 0.15) is 5.75 Å². The summed E-state index contributed by atoms with van der Waals surface area (Å²) >= 11 is 0. The van der Waals surface area contributed by atoms with Gasteiger partial charge in [-0.25, -0.2) is 0 Å². The smallest absolute Gasteiger partial charge is 0.279 e. The lowest BCUT2D eigenvalue weighted by Crippen LogP contribution is -3.15. The summed E-state index contributed by atoms with van der Waals surface area (Å²) in [6.45, 7) is 3.58. The van der Waals surface area contributed by atoms with Gasteiger partial charge < -0.3 is 25.5 Å². The van der Waals surface area contributed by atoms with Crippen LogP contribution in [0.5, 0.6) is 5.75 Å². The summed E-state index contributed by atoms with van der Waals surface area (Å²) in [6.07, 6.45) is 0. The number of phenolic OH excluding ortho intramolecular Hbond substituents is 1. The van der Waals surface area contributed by atoms with Gasteiger partial charge >= 0.3 is 0 Å². The molecule has 0 saturated carbocycles. The Morgan fingerprint density at radius 2 is 1.85 bits per heavy atom. The SMILES string of the molecule is CNC(=O)c1cccc(NC(=O)C[NH+]2CCN(c3ccccc3O)CC2)c1. The fourth-order valence-electron chi connectivity index (χ4n) is 3.29. The Labute approximate surface area is 158 Å². The molecule has 1 fully saturated rings. The van der Waals surface area contributed by atoms with E-state index in [0.29, 0.717) is 17.8 Å². The lowest BCUT2D eigenvalue weighted by molar-refractivity contribution is -0.892. The molecule has 1 saturated heterocycles. The maximum absolute atomic E-state index is 12.4. The molecule has 1 heterocycles. The fourth-order valence-corrected chi connectivity index (χ4v) is 3.29. The number of nitrogens with one attached hydrogen (secondary N) is 3. The van der Waals surface area contributed by atoms with Crippen LogP contribution >= 0.6 is 0 Å². The number of quaternary nitrogens is 1. The zero-order valence-electron chi connectivity index (χ0n) is 15.4. The second-order valence-electron chi connectivity index (χ2n) is 6.61. The predicted molar refractivity (Wildman–Crippen MR) is 104 cm³/mol. The van der Waals surface area contributed by atoms with Gasteiger partial charge in [0.05, 0.1) is 31.9 Å². The van der Waals surface area contributed by atoms with E-state index in [1.807, 2.05) is 18.2 Å². The first kappa shape index (κ1) is 18.7. The molecular weight excluding hydrogens is 344 g/mol. The summed E-state index contributed by atoms with van der Waals surface area (Å²) in [7, 11) is 1.58. The molecular formula is C20H25N4O3+. The number of benzene rings is 2. The molecule has 0 atom stereocenters. The van der Waals surface area contributed by atoms with Gasteiger partial charge in [-0.2, -0.15) is 0 Å². The number of para-hydroxylation sites is 2. The van der Waals surface area contributed by atoms with Gasteiger partial charge in [-0.3, -0.25) is 9.59 Å². The minimum Gasteiger partial charge on any atom is -0.506 e. The molecule has 0 bridgehead atoms. The molecule has 7 nitrogen and oxygen atoms in total. The molecule has 0 aliphatic carbocycles. The van der Waals surface area contributed by atoms with E-state index in [1.54, 1.807) is 37.4 Å². The Kier molecular flexibility index (Phi) is 5.93. The second kappa shape index (κ2) is 8.55. The molecule has 142 valence electrons. The van der Waals surface area contributed by atoms with E-state index in [0.717, 1.165) is 31.9 Å². The van der Waals surface area contributed by atoms with E-state index in [-0.39, 0.29) is 17.6 Å². The van der Waals surface area contributed by atoms with E-state index in [1.165, 1.54) is 4.90 Å². The number of aromatic hydroxyl groups is 1. The number of hydrogen-bond acceptors (Lipinski definition) is 4. The van der Waals surface area contributed by atoms with E-state index in [2.05, 4.69) is 15.5 Å². The van der Waals surface area contributed by atoms with Crippen molar-refractivity contribution in [1.29, 1.82) is 0 Å². The van der Waals surface area contributed by atoms with Crippen LogP contribution in [0.25, 0.3) is 0 Å². The third kappa shape index (κ3) is 4.77. The van der Waals surface area contributed by atoms with Gasteiger partial charge in [-0.15, -0.1) is 0 Å². The number of piperazine rings is 1. The highest BCUT2D eigenvalue weighted by Gasteiger charge is 2.23. The third-order valence-electron chi connectivity index (χ3n) is 4.74. The number of nitrogens with zero attached hydrogens (tertiary/aromatic N) is 1. The van der Waals surface area contributed by atoms with Gasteiger partial charge in [-0.05, 0) is 30.3 Å². The first-order valence-electron chi connectivity index (χ1n) is 9.05. The van der Waals surface area contributed by atoms with Crippen molar-refractivity contribution >= 4 is 23.2 Å². The minimum atomic E-state index is -0.183. The van der Waals surface area contributed by atoms with E-state index in [4.69, 9.17) is 0 Å². The lowest BCUT2D eigenvalue weighted by atomic mass is 10.2. The van der Waals surface area contributed by atoms with Crippen molar-refractivity contribution in [3.63, 3.8) is 0 Å². The Morgan fingerprint density at radius 3 is 2.56 bits per heavy atom. The molecule has 3 rings (SSSR count). The third-order valence-corrected chi connectivity index (χ3v) is 4.74. The van der Waals surface area contributed by atoms with Crippen molar-refractivity contribution in [3.05, 3.63) is 54.1 Å². The zero-order chi connectivity index (χ0) is 19.2. The van der Waals surface area contributed by atoms with Gasteiger partial charge in [0.25, 0.3) is 11.8 Å². The van der Waals surface area contributed by atoms with Crippen LogP contribution < -0.4 is 20.4 Å². The molecule has 2 aromatic carbocycles. The highest BCUT2D eigenvalue weighted by atomic mass is 16.3. The number of carbonyl (C=O) groups excluding carboxylic acids is 2. The summed E-state index contributed by atoms with van der Waals surface area (Å²) in [5, 5.41) is 15.4. The summed E-state index contributed by atoms with van der Waals surface area (Å²) in [4.78, 5) is 27.4. The lowest BCUT2D eigenvalue weighted by Gasteiger charge is -2.33. The number of amides is 2. The van der Waals surface area contributed by atoms with E-state index < -0.39 is 0 Å². The normalized spacial score (nSPS) is 14.6. The quantitative estimate of drug-likeness (QED) is 0.602. The van der Waals surface area contributed by atoms with Crippen molar-refractivity contribution in [1.82, 2.24) is 5.32 Å². The topological polar surface area (TPSA) is 86.1 Å². The van der Waals surface area contributed by atoms with Gasteiger partial charge in [0.15, 0.2) is 6.54 Å². The molecule has 2 amide bonds. The molecule has 2 aromatic rings. The number of phenols is 1. The summed E-state index contributed by atoms with van der Waals surface area (Å²) in [5.41, 5.74) is 1.97. The van der Waals surface area contributed by atoms with Crippen LogP contribution in [-0.2, 0) is 4.79 Å². The van der Waals surface area contributed by atoms with Crippen molar-refractivity contribution in [3.8, 4) is 5.75 Å². The fraction of sp³-hybridized carbons (Fsp3) is 0.300. The van der Waals surface area contributed by atoms with Crippen LogP contribution in [0.4, 0.5) is 11.4 Å². The Morgan fingerprint density at radius 1 is 1.11 bits per heavy atom. The summed E-state index contributed by atoms with van der Waals surface area (Å²) in [5.74, 6) is 0.0294. The Balaban J connectivity index is 1.51. The zero-order valence-corrected chi connectivity index (χ0v) is 15.4. The second-order valence-corrected chi connectivity index (χ2v) is 6.61. The van der Waals surface area contributed by atoms with Crippen molar-refractivity contribution in [2.45, 2.75) is 0 Å². The van der Waals surface area contributed by atoms with Crippen molar-refractivity contribution in [2.75, 3.05) is 50.0 Å². The molecule has 0 aromatic heterocycles. The molecule has 0 spiro atoms. The average Bonchev–Trinajstić information content (AvgIpc) is 2.68. The minimum absolute atomic E-state index is 0.0740. The van der Waals surface area contributed by atoms with Gasteiger partial charge in [0, 0.05) is 18.3 Å². The molecule has 4 N–H and O–H groups in total. The first-order valence-corrected chi connectivity index (χ1v) is 9.05. The molecule has 0 unspecified atom stereocenters. The molecule has 1 aliphatic rings. The summed E-state index contributed by atoms with van der Waals surface area (Å²) in [6, 6.07) is 14.2. The largest absolute Gasteiger partial charge is 0.506 e. The van der Waals surface area contributed by atoms with Crippen molar-refractivity contribution in [2.24, 2.45) is 0 Å². The standard InChI is InChI=1S/C20H24N4O3/c1-21-20(27)15-5-4-6-16(13-15)22-19(26)14-23-9-11-24(12-10-23)17-7-2-3-8-18(17)25/h2-8,13,25H,9-12,14H2,1H3,(H,21,27)(H,22,26)/p+1. The van der Waals surface area contributed by atoms with Crippen LogP contribution in [0, 0.1) is 0 Å². The number of rotatable bonds is 5. The maximum atomic E-state index is 12.4. The van der Waals surface area contributed by atoms with Crippen LogP contribution in [0.3, 0.4) is 0 Å². The van der Waals surface area contributed by atoms with Crippen LogP contribution in [-0.4, -0.2) is 56.7 Å². The van der Waals surface area contributed by atoms with Gasteiger partial charge in [-0.1, -0.05) is 18.2 Å². The van der Waals surface area contributed by atoms with Gasteiger partial charge in [0.2, 0.25) is 0 Å². The highest BCUT2D eigenvalue weighted by molar-refractivity contribution is 5.97. The summed E-state index contributed by atoms with van der Waals surface area (Å²) < 4.78 is 0. The maximum Gasteiger partial charge on any atom is 0.279 e. The Hall–Kier alpha value is -3.06. The predicted octanol–water partition coefficient (Wildman–Crippen LogP) is 0.0954. The molecule has 0 radical (unpaired) electrons. The number of anilines is 2. The Bertz CT molecular complexity index is 816. The average molecular weight is 369 g/mol. The highest BCUT2D eigenvalue weighted by Crippen LogP contribution is 2.25. The van der Waals surface area contributed by atoms with Crippen LogP contribution in [0.2, 0.25) is 0 Å². The molecule has 7 heteroatoms. The van der Waals surface area contributed by atoms with E-state index in [9.17, 15) is 14.7 Å². The van der Waals surface area contributed by atoms with Crippen LogP contribution in [0.1, 0.15) is 10.4 Å². The number of carbonyl (C=O) groups is 2. The monoisotopic (exact) mass is 369 g/mol. The number of hydrogen-bond donors (Lipinski definition) is 4. The molecule has 1 aliphatic heterocycles. The van der Waals surface area contributed by atoms with E-state index >= 15 is 0 Å². The molecule has 27 heavy (non-hydrogen) atoms. The van der Waals surface area contributed by atoms with Crippen molar-refractivity contribution < 1.29 is 19.6 Å². The first-order chi connectivity index (χ1) is 13.1.